The monoisotopic (exact) mass is 509 g/mol. The molecule has 0 heterocycles. The third kappa shape index (κ3) is 7.37. The second-order valence-corrected chi connectivity index (χ2v) is 6.46. The van der Waals surface area contributed by atoms with Gasteiger partial charge >= 0.3 is 0 Å². The lowest BCUT2D eigenvalue weighted by Gasteiger charge is -2.13. The van der Waals surface area contributed by atoms with E-state index < -0.39 is 0 Å². The molecule has 0 aliphatic carbocycles. The highest BCUT2D eigenvalue weighted by Crippen LogP contribution is 2.07. The number of rotatable bonds is 6. The second kappa shape index (κ2) is 12.1. The topological polar surface area (TPSA) is 85.8 Å². The number of carbonyl (C=O) groups is 2. The number of benzene rings is 2. The van der Waals surface area contributed by atoms with Crippen molar-refractivity contribution >= 4 is 41.8 Å². The number of hydrogen-bond acceptors (Lipinski definition) is 3. The zero-order valence-corrected chi connectivity index (χ0v) is 19.5. The SMILES string of the molecule is CN=C(NCc1ccc(C(=O)N(C)C)cc1)NCc1cccc(C(=O)NC)c1.I. The number of guanidine groups is 1. The van der Waals surface area contributed by atoms with Crippen LogP contribution in [0.2, 0.25) is 0 Å². The number of nitrogens with zero attached hydrogens (tertiary/aromatic N) is 2. The maximum absolute atomic E-state index is 11.9. The molecule has 0 unspecified atom stereocenters. The van der Waals surface area contributed by atoms with E-state index in [-0.39, 0.29) is 35.8 Å². The summed E-state index contributed by atoms with van der Waals surface area (Å²) in [6, 6.07) is 14.9. The standard InChI is InChI=1S/C21H27N5O2.HI/c1-22-19(27)18-7-5-6-16(12-18)14-25-21(23-2)24-13-15-8-10-17(11-9-15)20(28)26(3)4;/h5-12H,13-14H2,1-4H3,(H,22,27)(H2,23,24,25);1H. The summed E-state index contributed by atoms with van der Waals surface area (Å²) < 4.78 is 0. The molecule has 2 amide bonds. The first-order valence-electron chi connectivity index (χ1n) is 9.00. The molecule has 2 aromatic rings. The lowest BCUT2D eigenvalue weighted by Crippen LogP contribution is -2.36. The molecule has 0 atom stereocenters. The van der Waals surface area contributed by atoms with E-state index in [1.807, 2.05) is 42.5 Å². The molecule has 0 fully saturated rings. The molecule has 0 aromatic heterocycles. The van der Waals surface area contributed by atoms with Crippen molar-refractivity contribution in [3.05, 3.63) is 70.8 Å². The van der Waals surface area contributed by atoms with Gasteiger partial charge < -0.3 is 20.9 Å². The summed E-state index contributed by atoms with van der Waals surface area (Å²) >= 11 is 0. The Morgan fingerprint density at radius 2 is 1.55 bits per heavy atom. The smallest absolute Gasteiger partial charge is 0.253 e. The Labute approximate surface area is 189 Å². The van der Waals surface area contributed by atoms with Crippen LogP contribution in [0.25, 0.3) is 0 Å². The molecule has 156 valence electrons. The summed E-state index contributed by atoms with van der Waals surface area (Å²) in [7, 11) is 6.78. The fourth-order valence-electron chi connectivity index (χ4n) is 2.58. The third-order valence-electron chi connectivity index (χ3n) is 4.17. The van der Waals surface area contributed by atoms with Crippen LogP contribution in [0.5, 0.6) is 0 Å². The fraction of sp³-hybridized carbons (Fsp3) is 0.286. The van der Waals surface area contributed by atoms with E-state index in [0.717, 1.165) is 11.1 Å². The van der Waals surface area contributed by atoms with E-state index in [1.165, 1.54) is 0 Å². The van der Waals surface area contributed by atoms with Gasteiger partial charge in [-0.2, -0.15) is 0 Å². The second-order valence-electron chi connectivity index (χ2n) is 6.46. The normalized spacial score (nSPS) is 10.6. The maximum Gasteiger partial charge on any atom is 0.253 e. The molecular formula is C21H28IN5O2. The molecule has 3 N–H and O–H groups in total. The molecule has 8 heteroatoms. The van der Waals surface area contributed by atoms with Crippen molar-refractivity contribution in [3.8, 4) is 0 Å². The Kier molecular flexibility index (Phi) is 10.1. The summed E-state index contributed by atoms with van der Waals surface area (Å²) in [6.45, 7) is 1.12. The lowest BCUT2D eigenvalue weighted by atomic mass is 10.1. The van der Waals surface area contributed by atoms with Crippen molar-refractivity contribution in [1.29, 1.82) is 0 Å². The van der Waals surface area contributed by atoms with Gasteiger partial charge in [0.15, 0.2) is 5.96 Å². The Morgan fingerprint density at radius 1 is 0.931 bits per heavy atom. The largest absolute Gasteiger partial charge is 0.355 e. The van der Waals surface area contributed by atoms with Gasteiger partial charge in [0.05, 0.1) is 0 Å². The first-order valence-corrected chi connectivity index (χ1v) is 9.00. The van der Waals surface area contributed by atoms with E-state index in [1.54, 1.807) is 39.2 Å². The van der Waals surface area contributed by atoms with Gasteiger partial charge in [0, 0.05) is 52.4 Å². The minimum absolute atomic E-state index is 0. The molecule has 0 saturated carbocycles. The highest BCUT2D eigenvalue weighted by molar-refractivity contribution is 14.0. The minimum atomic E-state index is -0.111. The average Bonchev–Trinajstić information content (AvgIpc) is 2.73. The van der Waals surface area contributed by atoms with Gasteiger partial charge in [-0.3, -0.25) is 14.6 Å². The summed E-state index contributed by atoms with van der Waals surface area (Å²) in [5, 5.41) is 9.09. The van der Waals surface area contributed by atoms with Crippen LogP contribution in [0.4, 0.5) is 0 Å². The van der Waals surface area contributed by atoms with Crippen LogP contribution in [0, 0.1) is 0 Å². The molecule has 7 nitrogen and oxygen atoms in total. The molecular weight excluding hydrogens is 481 g/mol. The van der Waals surface area contributed by atoms with Crippen molar-refractivity contribution in [2.75, 3.05) is 28.2 Å². The fourth-order valence-corrected chi connectivity index (χ4v) is 2.58. The molecule has 2 rings (SSSR count). The summed E-state index contributed by atoms with van der Waals surface area (Å²) in [5.74, 6) is 0.523. The van der Waals surface area contributed by atoms with Gasteiger partial charge in [-0.1, -0.05) is 24.3 Å². The van der Waals surface area contributed by atoms with Crippen molar-refractivity contribution in [1.82, 2.24) is 20.9 Å². The van der Waals surface area contributed by atoms with E-state index in [2.05, 4.69) is 20.9 Å². The van der Waals surface area contributed by atoms with E-state index in [9.17, 15) is 9.59 Å². The van der Waals surface area contributed by atoms with Gasteiger partial charge in [-0.15, -0.1) is 24.0 Å². The first kappa shape index (κ1) is 24.4. The van der Waals surface area contributed by atoms with E-state index in [4.69, 9.17) is 0 Å². The van der Waals surface area contributed by atoms with Crippen molar-refractivity contribution < 1.29 is 9.59 Å². The molecule has 29 heavy (non-hydrogen) atoms. The number of amides is 2. The highest BCUT2D eigenvalue weighted by Gasteiger charge is 2.08. The Morgan fingerprint density at radius 3 is 2.10 bits per heavy atom. The zero-order valence-electron chi connectivity index (χ0n) is 17.2. The van der Waals surface area contributed by atoms with Crippen molar-refractivity contribution in [2.24, 2.45) is 4.99 Å². The van der Waals surface area contributed by atoms with Crippen LogP contribution in [0.15, 0.2) is 53.5 Å². The van der Waals surface area contributed by atoms with Crippen LogP contribution < -0.4 is 16.0 Å². The van der Waals surface area contributed by atoms with Gasteiger partial charge in [-0.05, 0) is 35.4 Å². The van der Waals surface area contributed by atoms with Crippen molar-refractivity contribution in [3.63, 3.8) is 0 Å². The number of nitrogens with one attached hydrogen (secondary N) is 3. The number of carbonyl (C=O) groups excluding carboxylic acids is 2. The predicted molar refractivity (Wildman–Crippen MR) is 127 cm³/mol. The van der Waals surface area contributed by atoms with Gasteiger partial charge in [-0.25, -0.2) is 0 Å². The lowest BCUT2D eigenvalue weighted by molar-refractivity contribution is 0.0827. The average molecular weight is 509 g/mol. The van der Waals surface area contributed by atoms with Crippen LogP contribution >= 0.6 is 24.0 Å². The van der Waals surface area contributed by atoms with E-state index in [0.29, 0.717) is 30.2 Å². The number of hydrogen-bond donors (Lipinski definition) is 3. The minimum Gasteiger partial charge on any atom is -0.355 e. The first-order chi connectivity index (χ1) is 13.4. The summed E-state index contributed by atoms with van der Waals surface area (Å²) in [5.41, 5.74) is 3.31. The highest BCUT2D eigenvalue weighted by atomic mass is 127. The zero-order chi connectivity index (χ0) is 20.5. The van der Waals surface area contributed by atoms with Crippen LogP contribution in [0.3, 0.4) is 0 Å². The van der Waals surface area contributed by atoms with Gasteiger partial charge in [0.1, 0.15) is 0 Å². The number of aliphatic imine (C=N–C) groups is 1. The van der Waals surface area contributed by atoms with E-state index >= 15 is 0 Å². The summed E-state index contributed by atoms with van der Waals surface area (Å²) in [6.07, 6.45) is 0. The van der Waals surface area contributed by atoms with Crippen LogP contribution in [0.1, 0.15) is 31.8 Å². The molecule has 2 aromatic carbocycles. The molecule has 0 saturated heterocycles. The molecule has 0 radical (unpaired) electrons. The molecule has 0 aliphatic heterocycles. The maximum atomic E-state index is 11.9. The molecule has 0 bridgehead atoms. The van der Waals surface area contributed by atoms with Crippen molar-refractivity contribution in [2.45, 2.75) is 13.1 Å². The Bertz CT molecular complexity index is 850. The Balaban J connectivity index is 0.00000420. The molecule has 0 aliphatic rings. The van der Waals surface area contributed by atoms with Crippen LogP contribution in [-0.2, 0) is 13.1 Å². The van der Waals surface area contributed by atoms with Gasteiger partial charge in [0.25, 0.3) is 11.8 Å². The predicted octanol–water partition coefficient (Wildman–Crippen LogP) is 2.23. The van der Waals surface area contributed by atoms with Gasteiger partial charge in [0.2, 0.25) is 0 Å². The molecule has 0 spiro atoms. The third-order valence-corrected chi connectivity index (χ3v) is 4.17. The Hall–Kier alpha value is -2.62. The summed E-state index contributed by atoms with van der Waals surface area (Å²) in [4.78, 5) is 29.4. The quantitative estimate of drug-likeness (QED) is 0.317. The van der Waals surface area contributed by atoms with Crippen LogP contribution in [-0.4, -0.2) is 50.9 Å². The number of halogens is 1.